The summed E-state index contributed by atoms with van der Waals surface area (Å²) < 4.78 is 10.3. The fourth-order valence-electron chi connectivity index (χ4n) is 2.21. The van der Waals surface area contributed by atoms with Crippen LogP contribution in [0.3, 0.4) is 0 Å². The van der Waals surface area contributed by atoms with E-state index in [9.17, 15) is 0 Å². The minimum absolute atomic E-state index is 0.722. The van der Waals surface area contributed by atoms with Gasteiger partial charge >= 0.3 is 0 Å². The van der Waals surface area contributed by atoms with Crippen molar-refractivity contribution >= 4 is 0 Å². The molecule has 0 aliphatic heterocycles. The third kappa shape index (κ3) is 2.93. The van der Waals surface area contributed by atoms with Crippen molar-refractivity contribution in [1.82, 2.24) is 4.91 Å². The van der Waals surface area contributed by atoms with E-state index in [0.29, 0.717) is 0 Å². The molecule has 21 heavy (non-hydrogen) atoms. The Labute approximate surface area is 123 Å². The number of nitrogens with zero attached hydrogens (tertiary/aromatic N) is 2. The highest BCUT2D eigenvalue weighted by atomic mass is 16.5. The van der Waals surface area contributed by atoms with Gasteiger partial charge in [0.2, 0.25) is 4.91 Å². The average Bonchev–Trinajstić information content (AvgIpc) is 2.55. The number of methoxy groups -OCH3 is 2. The fraction of sp³-hybridized carbons (Fsp3) is 0.250. The second-order valence-electron chi connectivity index (χ2n) is 4.73. The first-order valence-corrected chi connectivity index (χ1v) is 6.51. The van der Waals surface area contributed by atoms with Crippen molar-refractivity contribution in [3.63, 3.8) is 0 Å². The largest absolute Gasteiger partial charge is 0.497 e. The quantitative estimate of drug-likeness (QED) is 0.674. The molecular formula is C16H18N3O2+. The molecule has 0 atom stereocenters. The maximum Gasteiger partial charge on any atom is 0.215 e. The molecule has 2 aromatic carbocycles. The van der Waals surface area contributed by atoms with Gasteiger partial charge in [-0.1, -0.05) is 24.3 Å². The van der Waals surface area contributed by atoms with Crippen LogP contribution in [0.5, 0.6) is 11.5 Å². The summed E-state index contributed by atoms with van der Waals surface area (Å²) in [6.07, 6.45) is 0. The highest BCUT2D eigenvalue weighted by Gasteiger charge is 2.34. The molecule has 0 fully saturated rings. The van der Waals surface area contributed by atoms with Gasteiger partial charge in [0, 0.05) is 0 Å². The predicted octanol–water partition coefficient (Wildman–Crippen LogP) is 3.52. The van der Waals surface area contributed by atoms with Gasteiger partial charge in [0.25, 0.3) is 0 Å². The smallest absolute Gasteiger partial charge is 0.215 e. The topological polar surface area (TPSA) is 68.8 Å². The molecule has 0 aliphatic rings. The van der Waals surface area contributed by atoms with E-state index in [0.717, 1.165) is 22.6 Å². The molecule has 0 radical (unpaired) electrons. The van der Waals surface area contributed by atoms with Crippen LogP contribution in [0.25, 0.3) is 0 Å². The second-order valence-corrected chi connectivity index (χ2v) is 4.73. The summed E-state index contributed by atoms with van der Waals surface area (Å²) in [6, 6.07) is 15.2. The Hall–Kier alpha value is -2.65. The van der Waals surface area contributed by atoms with Crippen molar-refractivity contribution in [2.24, 2.45) is 5.11 Å². The van der Waals surface area contributed by atoms with E-state index in [2.05, 4.69) is 10.0 Å². The molecule has 0 heterocycles. The summed E-state index contributed by atoms with van der Waals surface area (Å²) in [5, 5.41) is 4.12. The number of rotatable bonds is 5. The SMILES string of the molecule is COc1ccc(C(C)(N=[N+]=N)c2ccc(OC)cc2)cc1. The molecule has 0 saturated carbocycles. The van der Waals surface area contributed by atoms with Gasteiger partial charge in [-0.2, -0.15) is 0 Å². The molecule has 0 spiro atoms. The van der Waals surface area contributed by atoms with Crippen LogP contribution in [0.1, 0.15) is 18.1 Å². The minimum Gasteiger partial charge on any atom is -0.497 e. The van der Waals surface area contributed by atoms with E-state index in [-0.39, 0.29) is 0 Å². The monoisotopic (exact) mass is 284 g/mol. The Morgan fingerprint density at radius 2 is 1.24 bits per heavy atom. The molecule has 0 aromatic heterocycles. The van der Waals surface area contributed by atoms with Gasteiger partial charge in [-0.05, 0) is 42.3 Å². The van der Waals surface area contributed by atoms with E-state index < -0.39 is 5.54 Å². The highest BCUT2D eigenvalue weighted by Crippen LogP contribution is 2.34. The van der Waals surface area contributed by atoms with Crippen molar-refractivity contribution in [2.45, 2.75) is 12.5 Å². The number of benzene rings is 2. The van der Waals surface area contributed by atoms with Crippen LogP contribution in [-0.4, -0.2) is 14.2 Å². The molecule has 2 aromatic rings. The molecule has 0 bridgehead atoms. The van der Waals surface area contributed by atoms with Crippen LogP contribution < -0.4 is 14.4 Å². The molecule has 0 saturated heterocycles. The van der Waals surface area contributed by atoms with Crippen LogP contribution in [0.2, 0.25) is 0 Å². The molecule has 108 valence electrons. The maximum atomic E-state index is 7.12. The average molecular weight is 284 g/mol. The van der Waals surface area contributed by atoms with Gasteiger partial charge in [0.15, 0.2) is 5.54 Å². The lowest BCUT2D eigenvalue weighted by atomic mass is 9.85. The summed E-state index contributed by atoms with van der Waals surface area (Å²) >= 11 is 0. The second kappa shape index (κ2) is 6.20. The Bertz CT molecular complexity index is 597. The third-order valence-electron chi connectivity index (χ3n) is 3.55. The Morgan fingerprint density at radius 3 is 1.52 bits per heavy atom. The van der Waals surface area contributed by atoms with Gasteiger partial charge < -0.3 is 9.47 Å². The zero-order valence-corrected chi connectivity index (χ0v) is 12.3. The predicted molar refractivity (Wildman–Crippen MR) is 79.7 cm³/mol. The van der Waals surface area contributed by atoms with Crippen molar-refractivity contribution < 1.29 is 9.47 Å². The first-order valence-electron chi connectivity index (χ1n) is 6.51. The van der Waals surface area contributed by atoms with Gasteiger partial charge in [-0.3, -0.25) is 0 Å². The first kappa shape index (κ1) is 14.8. The normalized spacial score (nSPS) is 10.6. The fourth-order valence-corrected chi connectivity index (χ4v) is 2.21. The molecule has 1 N–H and O–H groups in total. The van der Waals surface area contributed by atoms with Crippen LogP contribution >= 0.6 is 0 Å². The van der Waals surface area contributed by atoms with Gasteiger partial charge in [0.1, 0.15) is 22.1 Å². The lowest BCUT2D eigenvalue weighted by Gasteiger charge is -2.20. The zero-order chi connectivity index (χ0) is 15.3. The van der Waals surface area contributed by atoms with Crippen LogP contribution in [0.15, 0.2) is 53.6 Å². The van der Waals surface area contributed by atoms with Crippen molar-refractivity contribution in [3.05, 3.63) is 59.7 Å². The van der Waals surface area contributed by atoms with Gasteiger partial charge in [-0.15, -0.1) is 0 Å². The highest BCUT2D eigenvalue weighted by molar-refractivity contribution is 5.41. The lowest BCUT2D eigenvalue weighted by Crippen LogP contribution is -2.21. The molecule has 5 nitrogen and oxygen atoms in total. The number of nitrogens with one attached hydrogen (secondary N) is 1. The standard InChI is InChI=1S/C16H18N3O2/c1-16(18-19-17,12-4-8-14(20-2)9-5-12)13-6-10-15(21-3)11-7-13/h4-11,17H,1-3H3/q+1. The maximum absolute atomic E-state index is 7.12. The Balaban J connectivity index is 2.49. The van der Waals surface area contributed by atoms with E-state index in [1.165, 1.54) is 0 Å². The lowest BCUT2D eigenvalue weighted by molar-refractivity contribution is 0.413. The first-order chi connectivity index (χ1) is 10.1. The van der Waals surface area contributed by atoms with Crippen LogP contribution in [-0.2, 0) is 5.54 Å². The molecule has 0 amide bonds. The molecule has 2 rings (SSSR count). The van der Waals surface area contributed by atoms with E-state index in [1.807, 2.05) is 55.5 Å². The summed E-state index contributed by atoms with van der Waals surface area (Å²) in [4.78, 5) is 3.26. The van der Waals surface area contributed by atoms with E-state index in [1.54, 1.807) is 14.2 Å². The van der Waals surface area contributed by atoms with Gasteiger partial charge in [0.05, 0.1) is 14.2 Å². The van der Waals surface area contributed by atoms with Gasteiger partial charge in [-0.25, -0.2) is 0 Å². The molecule has 5 heteroatoms. The summed E-state index contributed by atoms with van der Waals surface area (Å²) in [5.41, 5.74) is 8.27. The number of hydrogen-bond acceptors (Lipinski definition) is 4. The van der Waals surface area contributed by atoms with Crippen molar-refractivity contribution in [3.8, 4) is 11.5 Å². The molecule has 0 unspecified atom stereocenters. The number of ether oxygens (including phenoxy) is 2. The van der Waals surface area contributed by atoms with Crippen LogP contribution in [0, 0.1) is 5.53 Å². The zero-order valence-electron chi connectivity index (χ0n) is 12.3. The molecule has 0 aliphatic carbocycles. The summed E-state index contributed by atoms with van der Waals surface area (Å²) in [5.74, 6) is 1.55. The Kier molecular flexibility index (Phi) is 4.36. The third-order valence-corrected chi connectivity index (χ3v) is 3.55. The van der Waals surface area contributed by atoms with Crippen LogP contribution in [0.4, 0.5) is 0 Å². The summed E-state index contributed by atoms with van der Waals surface area (Å²) in [7, 11) is 3.25. The van der Waals surface area contributed by atoms with E-state index >= 15 is 0 Å². The van der Waals surface area contributed by atoms with E-state index in [4.69, 9.17) is 15.0 Å². The Morgan fingerprint density at radius 1 is 0.857 bits per heavy atom. The summed E-state index contributed by atoms with van der Waals surface area (Å²) in [6.45, 7) is 1.93. The number of hydrogen-bond donors (Lipinski definition) is 1. The van der Waals surface area contributed by atoms with Crippen molar-refractivity contribution in [1.29, 1.82) is 5.53 Å². The molecular weight excluding hydrogens is 266 g/mol. The van der Waals surface area contributed by atoms with Crippen molar-refractivity contribution in [2.75, 3.05) is 14.2 Å². The minimum atomic E-state index is -0.722.